The molecule has 3 nitrogen and oxygen atoms in total. The Kier molecular flexibility index (Phi) is 4.37. The second-order valence-electron chi connectivity index (χ2n) is 2.86. The summed E-state index contributed by atoms with van der Waals surface area (Å²) in [6, 6.07) is 1.53. The molecule has 1 aromatic heterocycles. The normalized spacial score (nSPS) is 11.6. The first kappa shape index (κ1) is 13.1. The Morgan fingerprint density at radius 3 is 2.56 bits per heavy atom. The lowest BCUT2D eigenvalue weighted by Gasteiger charge is -2.09. The summed E-state index contributed by atoms with van der Waals surface area (Å²) < 4.78 is 46.7. The highest BCUT2D eigenvalue weighted by Gasteiger charge is 2.31. The van der Waals surface area contributed by atoms with Crippen LogP contribution in [0.25, 0.3) is 0 Å². The molecule has 0 radical (unpaired) electrons. The van der Waals surface area contributed by atoms with E-state index in [1.165, 1.54) is 7.11 Å². The van der Waals surface area contributed by atoms with Crippen LogP contribution in [0, 0.1) is 0 Å². The minimum absolute atomic E-state index is 0.112. The summed E-state index contributed by atoms with van der Waals surface area (Å²) in [5.41, 5.74) is -0.889. The van der Waals surface area contributed by atoms with E-state index in [4.69, 9.17) is 16.3 Å². The minimum atomic E-state index is -4.47. The molecular weight excluding hydrogens is 247 g/mol. The lowest BCUT2D eigenvalue weighted by atomic mass is 10.2. The van der Waals surface area contributed by atoms with Crippen LogP contribution in [-0.4, -0.2) is 25.3 Å². The topological polar surface area (TPSA) is 31.4 Å². The number of rotatable bonds is 4. The smallest absolute Gasteiger partial charge is 0.416 e. The van der Waals surface area contributed by atoms with Crippen LogP contribution in [0.2, 0.25) is 5.15 Å². The molecule has 1 rings (SSSR count). The summed E-state index contributed by atoms with van der Waals surface area (Å²) in [7, 11) is 1.45. The van der Waals surface area contributed by atoms with Crippen molar-refractivity contribution in [3.63, 3.8) is 0 Å². The molecule has 0 spiro atoms. The van der Waals surface area contributed by atoms with Crippen LogP contribution in [0.1, 0.15) is 5.56 Å². The Balaban J connectivity index is 2.82. The van der Waals surface area contributed by atoms with E-state index in [1.807, 2.05) is 0 Å². The molecule has 0 bridgehead atoms. The van der Waals surface area contributed by atoms with Gasteiger partial charge in [0.25, 0.3) is 0 Å². The van der Waals surface area contributed by atoms with Gasteiger partial charge in [0.05, 0.1) is 12.2 Å². The number of ether oxygens (including phenoxy) is 2. The van der Waals surface area contributed by atoms with Crippen molar-refractivity contribution in [1.82, 2.24) is 4.98 Å². The van der Waals surface area contributed by atoms with Gasteiger partial charge in [0.2, 0.25) is 5.88 Å². The number of hydrogen-bond acceptors (Lipinski definition) is 3. The van der Waals surface area contributed by atoms with Crippen LogP contribution in [0.5, 0.6) is 5.88 Å². The summed E-state index contributed by atoms with van der Waals surface area (Å²) in [5, 5.41) is -0.262. The van der Waals surface area contributed by atoms with E-state index >= 15 is 0 Å². The van der Waals surface area contributed by atoms with Gasteiger partial charge in [-0.05, 0) is 6.07 Å². The van der Waals surface area contributed by atoms with Gasteiger partial charge in [-0.15, -0.1) is 0 Å². The summed E-state index contributed by atoms with van der Waals surface area (Å²) in [6.45, 7) is 0.372. The van der Waals surface area contributed by atoms with E-state index in [0.29, 0.717) is 0 Å². The molecule has 0 aromatic carbocycles. The molecule has 0 unspecified atom stereocenters. The molecule has 0 aliphatic heterocycles. The minimum Gasteiger partial charge on any atom is -0.475 e. The van der Waals surface area contributed by atoms with E-state index in [0.717, 1.165) is 12.1 Å². The first-order valence-electron chi connectivity index (χ1n) is 4.30. The first-order chi connectivity index (χ1) is 7.43. The average molecular weight is 256 g/mol. The first-order valence-corrected chi connectivity index (χ1v) is 4.68. The molecule has 7 heteroatoms. The zero-order valence-corrected chi connectivity index (χ0v) is 9.10. The Hall–Kier alpha value is -1.01. The van der Waals surface area contributed by atoms with Gasteiger partial charge in [0.15, 0.2) is 0 Å². The van der Waals surface area contributed by atoms with E-state index in [-0.39, 0.29) is 24.2 Å². The number of pyridine rings is 1. The van der Waals surface area contributed by atoms with Gasteiger partial charge in [-0.2, -0.15) is 13.2 Å². The largest absolute Gasteiger partial charge is 0.475 e. The van der Waals surface area contributed by atoms with Crippen LogP contribution in [0.3, 0.4) is 0 Å². The summed E-state index contributed by atoms with van der Waals surface area (Å²) in [6.07, 6.45) is -4.47. The fraction of sp³-hybridized carbons (Fsp3) is 0.444. The molecule has 0 saturated carbocycles. The Morgan fingerprint density at radius 1 is 1.31 bits per heavy atom. The van der Waals surface area contributed by atoms with Crippen molar-refractivity contribution in [2.45, 2.75) is 6.18 Å². The molecule has 0 N–H and O–H groups in total. The molecule has 0 saturated heterocycles. The second-order valence-corrected chi connectivity index (χ2v) is 3.24. The maximum Gasteiger partial charge on any atom is 0.416 e. The van der Waals surface area contributed by atoms with Gasteiger partial charge >= 0.3 is 6.18 Å². The van der Waals surface area contributed by atoms with Crippen LogP contribution in [0.4, 0.5) is 13.2 Å². The third-order valence-corrected chi connectivity index (χ3v) is 1.83. The molecule has 0 fully saturated rings. The standard InChI is InChI=1S/C9H9ClF3NO2/c1-15-2-3-16-8-5-6(9(11,12)13)4-7(10)14-8/h4-5H,2-3H2,1H3. The third kappa shape index (κ3) is 3.86. The monoisotopic (exact) mass is 255 g/mol. The molecule has 16 heavy (non-hydrogen) atoms. The van der Waals surface area contributed by atoms with Gasteiger partial charge in [-0.3, -0.25) is 0 Å². The van der Waals surface area contributed by atoms with E-state index in [9.17, 15) is 13.2 Å². The highest BCUT2D eigenvalue weighted by molar-refractivity contribution is 6.29. The van der Waals surface area contributed by atoms with Gasteiger partial charge in [0.1, 0.15) is 11.8 Å². The second kappa shape index (κ2) is 5.36. The number of hydrogen-bond donors (Lipinski definition) is 0. The average Bonchev–Trinajstić information content (AvgIpc) is 2.16. The Morgan fingerprint density at radius 2 is 2.00 bits per heavy atom. The van der Waals surface area contributed by atoms with E-state index in [2.05, 4.69) is 9.72 Å². The molecule has 1 aromatic rings. The number of aromatic nitrogens is 1. The lowest BCUT2D eigenvalue weighted by Crippen LogP contribution is -2.09. The van der Waals surface area contributed by atoms with Crippen LogP contribution >= 0.6 is 11.6 Å². The molecular formula is C9H9ClF3NO2. The van der Waals surface area contributed by atoms with Crippen molar-refractivity contribution in [2.75, 3.05) is 20.3 Å². The highest BCUT2D eigenvalue weighted by Crippen LogP contribution is 2.32. The molecule has 0 aliphatic rings. The molecule has 0 atom stereocenters. The molecule has 0 amide bonds. The lowest BCUT2D eigenvalue weighted by molar-refractivity contribution is -0.137. The fourth-order valence-electron chi connectivity index (χ4n) is 0.940. The summed E-state index contributed by atoms with van der Waals surface area (Å²) in [4.78, 5) is 3.61. The van der Waals surface area contributed by atoms with Crippen molar-refractivity contribution in [2.24, 2.45) is 0 Å². The van der Waals surface area contributed by atoms with Crippen LogP contribution < -0.4 is 4.74 Å². The molecule has 90 valence electrons. The maximum absolute atomic E-state index is 12.4. The number of methoxy groups -OCH3 is 1. The highest BCUT2D eigenvalue weighted by atomic mass is 35.5. The number of nitrogens with zero attached hydrogens (tertiary/aromatic N) is 1. The summed E-state index contributed by atoms with van der Waals surface area (Å²) >= 11 is 5.45. The molecule has 1 heterocycles. The quantitative estimate of drug-likeness (QED) is 0.612. The van der Waals surface area contributed by atoms with Gasteiger partial charge in [-0.25, -0.2) is 4.98 Å². The Bertz CT molecular complexity index is 357. The van der Waals surface area contributed by atoms with E-state index in [1.54, 1.807) is 0 Å². The van der Waals surface area contributed by atoms with Crippen LogP contribution in [-0.2, 0) is 10.9 Å². The predicted molar refractivity (Wildman–Crippen MR) is 51.6 cm³/mol. The van der Waals surface area contributed by atoms with Crippen molar-refractivity contribution < 1.29 is 22.6 Å². The zero-order chi connectivity index (χ0) is 12.2. The number of halogens is 4. The van der Waals surface area contributed by atoms with Crippen molar-refractivity contribution in [1.29, 1.82) is 0 Å². The van der Waals surface area contributed by atoms with Crippen molar-refractivity contribution in [3.05, 3.63) is 22.8 Å². The maximum atomic E-state index is 12.4. The fourth-order valence-corrected chi connectivity index (χ4v) is 1.14. The zero-order valence-electron chi connectivity index (χ0n) is 8.34. The van der Waals surface area contributed by atoms with Gasteiger partial charge in [-0.1, -0.05) is 11.6 Å². The van der Waals surface area contributed by atoms with Crippen molar-refractivity contribution >= 4 is 11.6 Å². The van der Waals surface area contributed by atoms with Crippen molar-refractivity contribution in [3.8, 4) is 5.88 Å². The predicted octanol–water partition coefficient (Wildman–Crippen LogP) is 2.78. The Labute approximate surface area is 95.1 Å². The van der Waals surface area contributed by atoms with Crippen LogP contribution in [0.15, 0.2) is 12.1 Å². The van der Waals surface area contributed by atoms with Gasteiger partial charge in [0, 0.05) is 13.2 Å². The van der Waals surface area contributed by atoms with Gasteiger partial charge < -0.3 is 9.47 Å². The summed E-state index contributed by atoms with van der Waals surface area (Å²) in [5.74, 6) is -0.170. The van der Waals surface area contributed by atoms with E-state index < -0.39 is 11.7 Å². The third-order valence-electron chi connectivity index (χ3n) is 1.64. The number of alkyl halides is 3. The SMILES string of the molecule is COCCOc1cc(C(F)(F)F)cc(Cl)n1. The molecule has 0 aliphatic carbocycles.